The molecule has 1 fully saturated rings. The Labute approximate surface area is 224 Å². The van der Waals surface area contributed by atoms with E-state index in [0.717, 1.165) is 0 Å². The van der Waals surface area contributed by atoms with Crippen LogP contribution in [0.4, 0.5) is 11.5 Å². The molecule has 1 amide bonds. The summed E-state index contributed by atoms with van der Waals surface area (Å²) in [5, 5.41) is 12.6. The van der Waals surface area contributed by atoms with E-state index in [2.05, 4.69) is 16.4 Å². The predicted octanol–water partition coefficient (Wildman–Crippen LogP) is 3.78. The number of imidazole rings is 1. The number of para-hydroxylation sites is 1. The van der Waals surface area contributed by atoms with Crippen LogP contribution >= 0.6 is 0 Å². The van der Waals surface area contributed by atoms with Crippen LogP contribution in [0.1, 0.15) is 18.5 Å². The Morgan fingerprint density at radius 1 is 1.03 bits per heavy atom. The molecule has 2 heterocycles. The molecule has 194 valence electrons. The van der Waals surface area contributed by atoms with Crippen LogP contribution < -0.4 is 26.4 Å². The molecule has 1 saturated carbocycles. The van der Waals surface area contributed by atoms with Gasteiger partial charge in [0.2, 0.25) is 5.91 Å². The van der Waals surface area contributed by atoms with Crippen LogP contribution in [-0.4, -0.2) is 34.6 Å². The Balaban J connectivity index is 1.40. The molecule has 0 spiro atoms. The van der Waals surface area contributed by atoms with Crippen molar-refractivity contribution in [3.8, 4) is 28.9 Å². The second kappa shape index (κ2) is 9.22. The summed E-state index contributed by atoms with van der Waals surface area (Å²) in [6.07, 6.45) is 1.11. The SMILES string of the molecule is CN(C(=O)C1(C#N)CC1)c1cccc(-n2c3c(n(-c4ccc(Oc5ccccc5)cc4)c2=O)C(N)=NCN3)c1. The summed E-state index contributed by atoms with van der Waals surface area (Å²) in [6.45, 7) is 0.217. The van der Waals surface area contributed by atoms with Crippen molar-refractivity contribution in [1.82, 2.24) is 9.13 Å². The van der Waals surface area contributed by atoms with E-state index in [1.807, 2.05) is 30.3 Å². The molecule has 2 aliphatic rings. The zero-order valence-corrected chi connectivity index (χ0v) is 21.2. The number of ether oxygens (including phenoxy) is 1. The van der Waals surface area contributed by atoms with Gasteiger partial charge in [-0.05, 0) is 67.4 Å². The highest BCUT2D eigenvalue weighted by atomic mass is 16.5. The van der Waals surface area contributed by atoms with E-state index < -0.39 is 5.41 Å². The molecule has 4 aromatic rings. The number of aromatic nitrogens is 2. The number of benzene rings is 3. The molecule has 39 heavy (non-hydrogen) atoms. The fourth-order valence-electron chi connectivity index (χ4n) is 4.72. The van der Waals surface area contributed by atoms with Gasteiger partial charge in [0.1, 0.15) is 40.9 Å². The first kappa shape index (κ1) is 24.1. The number of nitrogens with zero attached hydrogens (tertiary/aromatic N) is 5. The molecule has 0 radical (unpaired) electrons. The Morgan fingerprint density at radius 3 is 2.44 bits per heavy atom. The summed E-state index contributed by atoms with van der Waals surface area (Å²) in [5.74, 6) is 1.81. The maximum atomic E-state index is 13.9. The van der Waals surface area contributed by atoms with Gasteiger partial charge in [0.15, 0.2) is 0 Å². The van der Waals surface area contributed by atoms with E-state index in [-0.39, 0.29) is 24.1 Å². The van der Waals surface area contributed by atoms with Crippen molar-refractivity contribution in [2.45, 2.75) is 12.8 Å². The molecule has 10 heteroatoms. The maximum absolute atomic E-state index is 13.9. The second-order valence-electron chi connectivity index (χ2n) is 9.52. The van der Waals surface area contributed by atoms with E-state index in [9.17, 15) is 14.9 Å². The summed E-state index contributed by atoms with van der Waals surface area (Å²) in [7, 11) is 1.64. The first-order valence-corrected chi connectivity index (χ1v) is 12.5. The summed E-state index contributed by atoms with van der Waals surface area (Å²) >= 11 is 0. The van der Waals surface area contributed by atoms with Gasteiger partial charge >= 0.3 is 5.69 Å². The van der Waals surface area contributed by atoms with Crippen LogP contribution in [0.3, 0.4) is 0 Å². The lowest BCUT2D eigenvalue weighted by molar-refractivity contribution is -0.121. The average Bonchev–Trinajstić information content (AvgIpc) is 3.71. The summed E-state index contributed by atoms with van der Waals surface area (Å²) in [6, 6.07) is 25.8. The molecule has 3 N–H and O–H groups in total. The fourth-order valence-corrected chi connectivity index (χ4v) is 4.72. The number of nitrogens with one attached hydrogen (secondary N) is 1. The molecule has 6 rings (SSSR count). The number of anilines is 2. The number of carbonyl (C=O) groups excluding carboxylic acids is 1. The van der Waals surface area contributed by atoms with E-state index in [1.54, 1.807) is 55.6 Å². The third kappa shape index (κ3) is 4.10. The van der Waals surface area contributed by atoms with Gasteiger partial charge in [0.05, 0.1) is 17.4 Å². The molecule has 0 saturated heterocycles. The van der Waals surface area contributed by atoms with E-state index in [4.69, 9.17) is 10.5 Å². The minimum atomic E-state index is -0.951. The minimum absolute atomic E-state index is 0.217. The van der Waals surface area contributed by atoms with Crippen LogP contribution in [0.5, 0.6) is 11.5 Å². The maximum Gasteiger partial charge on any atom is 0.339 e. The van der Waals surface area contributed by atoms with Crippen molar-refractivity contribution < 1.29 is 9.53 Å². The predicted molar refractivity (Wildman–Crippen MR) is 148 cm³/mol. The van der Waals surface area contributed by atoms with Gasteiger partial charge in [-0.1, -0.05) is 24.3 Å². The van der Waals surface area contributed by atoms with Crippen LogP contribution in [0.2, 0.25) is 0 Å². The number of amides is 1. The van der Waals surface area contributed by atoms with Crippen LogP contribution in [0.25, 0.3) is 11.4 Å². The van der Waals surface area contributed by atoms with Gasteiger partial charge in [-0.25, -0.2) is 14.4 Å². The number of carbonyl (C=O) groups is 1. The molecule has 0 atom stereocenters. The lowest BCUT2D eigenvalue weighted by Crippen LogP contribution is -2.33. The van der Waals surface area contributed by atoms with Crippen molar-refractivity contribution in [3.63, 3.8) is 0 Å². The van der Waals surface area contributed by atoms with Crippen molar-refractivity contribution in [2.75, 3.05) is 23.9 Å². The quantitative estimate of drug-likeness (QED) is 0.399. The zero-order valence-electron chi connectivity index (χ0n) is 21.2. The molecule has 1 aliphatic heterocycles. The van der Waals surface area contributed by atoms with Gasteiger partial charge in [-0.2, -0.15) is 5.26 Å². The van der Waals surface area contributed by atoms with Gasteiger partial charge in [-0.3, -0.25) is 9.36 Å². The number of hydrogen-bond donors (Lipinski definition) is 2. The number of nitriles is 1. The zero-order chi connectivity index (χ0) is 27.1. The number of rotatable bonds is 6. The smallest absolute Gasteiger partial charge is 0.339 e. The molecule has 10 nitrogen and oxygen atoms in total. The standard InChI is InChI=1S/C29H25N7O3/c1-34(27(37)29(17-30)14-15-29)20-6-5-7-21(16-20)36-26-24(25(31)32-18-33-26)35(28(36)38)19-10-12-23(13-11-19)39-22-8-3-2-4-9-22/h2-13,16,33H,14-15,18H2,1H3,(H2,31,32). The van der Waals surface area contributed by atoms with E-state index in [0.29, 0.717) is 52.9 Å². The Morgan fingerprint density at radius 2 is 1.74 bits per heavy atom. The molecule has 0 bridgehead atoms. The minimum Gasteiger partial charge on any atom is -0.457 e. The molecule has 1 aliphatic carbocycles. The van der Waals surface area contributed by atoms with Crippen LogP contribution in [0.15, 0.2) is 88.6 Å². The normalized spacial score (nSPS) is 14.8. The van der Waals surface area contributed by atoms with Crippen molar-refractivity contribution in [1.29, 1.82) is 5.26 Å². The van der Waals surface area contributed by atoms with Gasteiger partial charge in [0, 0.05) is 12.7 Å². The third-order valence-corrected chi connectivity index (χ3v) is 7.02. The van der Waals surface area contributed by atoms with Crippen molar-refractivity contribution in [3.05, 3.63) is 95.0 Å². The average molecular weight is 520 g/mol. The fraction of sp³-hybridized carbons (Fsp3) is 0.172. The van der Waals surface area contributed by atoms with Crippen LogP contribution in [0, 0.1) is 16.7 Å². The Hall–Kier alpha value is -5.30. The number of hydrogen-bond acceptors (Lipinski definition) is 7. The topological polar surface area (TPSA) is 131 Å². The summed E-state index contributed by atoms with van der Waals surface area (Å²) in [5.41, 5.74) is 7.14. The number of amidine groups is 1. The van der Waals surface area contributed by atoms with Gasteiger partial charge < -0.3 is 20.7 Å². The van der Waals surface area contributed by atoms with Gasteiger partial charge in [-0.15, -0.1) is 0 Å². The lowest BCUT2D eigenvalue weighted by Gasteiger charge is -2.21. The first-order valence-electron chi connectivity index (χ1n) is 12.5. The van der Waals surface area contributed by atoms with E-state index in [1.165, 1.54) is 14.0 Å². The first-order chi connectivity index (χ1) is 18.9. The van der Waals surface area contributed by atoms with Gasteiger partial charge in [0.25, 0.3) is 0 Å². The summed E-state index contributed by atoms with van der Waals surface area (Å²) in [4.78, 5) is 32.7. The van der Waals surface area contributed by atoms with Crippen LogP contribution in [-0.2, 0) is 4.79 Å². The summed E-state index contributed by atoms with van der Waals surface area (Å²) < 4.78 is 8.91. The third-order valence-electron chi connectivity index (χ3n) is 7.02. The molecule has 3 aromatic carbocycles. The molecule has 0 unspecified atom stereocenters. The Kier molecular flexibility index (Phi) is 5.69. The highest BCUT2D eigenvalue weighted by Gasteiger charge is 2.52. The monoisotopic (exact) mass is 519 g/mol. The number of aliphatic imine (C=N–C) groups is 1. The lowest BCUT2D eigenvalue weighted by atomic mass is 10.1. The Bertz CT molecular complexity index is 1710. The second-order valence-corrected chi connectivity index (χ2v) is 9.52. The highest BCUT2D eigenvalue weighted by molar-refractivity contribution is 6.03. The molecule has 1 aromatic heterocycles. The highest BCUT2D eigenvalue weighted by Crippen LogP contribution is 2.47. The molecular weight excluding hydrogens is 494 g/mol. The van der Waals surface area contributed by atoms with Crippen molar-refractivity contribution >= 4 is 23.2 Å². The number of nitrogens with two attached hydrogens (primary N) is 1. The molecular formula is C29H25N7O3. The van der Waals surface area contributed by atoms with Crippen molar-refractivity contribution in [2.24, 2.45) is 16.1 Å². The number of fused-ring (bicyclic) bond motifs is 1. The largest absolute Gasteiger partial charge is 0.457 e. The van der Waals surface area contributed by atoms with E-state index >= 15 is 0 Å².